The fraction of sp³-hybridized carbons (Fsp3) is 0.0714. The quantitative estimate of drug-likeness (QED) is 0.442. The number of para-hydroxylation sites is 1. The van der Waals surface area contributed by atoms with Crippen LogP contribution in [0.25, 0.3) is 0 Å². The van der Waals surface area contributed by atoms with Crippen LogP contribution in [0, 0.1) is 10.5 Å². The van der Waals surface area contributed by atoms with Gasteiger partial charge in [0.15, 0.2) is 0 Å². The average molecular weight is 373 g/mol. The second-order valence-electron chi connectivity index (χ2n) is 3.78. The van der Waals surface area contributed by atoms with E-state index in [-0.39, 0.29) is 0 Å². The number of benzene rings is 2. The third-order valence-electron chi connectivity index (χ3n) is 2.45. The summed E-state index contributed by atoms with van der Waals surface area (Å²) in [5.74, 6) is -0.0271. The first kappa shape index (κ1) is 13.4. The van der Waals surface area contributed by atoms with Gasteiger partial charge in [-0.1, -0.05) is 29.8 Å². The van der Waals surface area contributed by atoms with Gasteiger partial charge in [-0.25, -0.2) is 4.79 Å². The van der Waals surface area contributed by atoms with Crippen LogP contribution in [0.4, 0.5) is 0 Å². The average Bonchev–Trinajstić information content (AvgIpc) is 2.35. The number of esters is 1. The molecule has 4 heteroatoms. The van der Waals surface area contributed by atoms with Gasteiger partial charge < -0.3 is 4.74 Å². The van der Waals surface area contributed by atoms with Gasteiger partial charge in [-0.05, 0) is 59.3 Å². The third kappa shape index (κ3) is 3.03. The van der Waals surface area contributed by atoms with E-state index in [0.29, 0.717) is 16.3 Å². The van der Waals surface area contributed by atoms with Crippen LogP contribution < -0.4 is 4.74 Å². The lowest BCUT2D eigenvalue weighted by atomic mass is 10.1. The first-order valence-corrected chi connectivity index (χ1v) is 6.76. The number of ether oxygens (including phenoxy) is 1. The van der Waals surface area contributed by atoms with Crippen LogP contribution in [-0.4, -0.2) is 5.97 Å². The zero-order chi connectivity index (χ0) is 13.1. The van der Waals surface area contributed by atoms with Crippen molar-refractivity contribution in [2.75, 3.05) is 0 Å². The molecule has 2 nitrogen and oxygen atoms in total. The lowest BCUT2D eigenvalue weighted by molar-refractivity contribution is 0.0735. The third-order valence-corrected chi connectivity index (χ3v) is 3.92. The molecule has 0 heterocycles. The molecule has 2 aromatic rings. The lowest BCUT2D eigenvalue weighted by Gasteiger charge is -2.07. The number of rotatable bonds is 2. The van der Waals surface area contributed by atoms with Crippen molar-refractivity contribution in [2.45, 2.75) is 6.92 Å². The number of halogens is 2. The molecule has 0 bridgehead atoms. The van der Waals surface area contributed by atoms with E-state index in [4.69, 9.17) is 16.3 Å². The van der Waals surface area contributed by atoms with Gasteiger partial charge in [-0.2, -0.15) is 0 Å². The zero-order valence-electron chi connectivity index (χ0n) is 9.61. The number of carbonyl (C=O) groups excluding carboxylic acids is 1. The van der Waals surface area contributed by atoms with Crippen molar-refractivity contribution in [2.24, 2.45) is 0 Å². The molecule has 18 heavy (non-hydrogen) atoms. The molecule has 2 rings (SSSR count). The molecule has 0 N–H and O–H groups in total. The van der Waals surface area contributed by atoms with E-state index >= 15 is 0 Å². The van der Waals surface area contributed by atoms with E-state index < -0.39 is 5.97 Å². The molecule has 0 atom stereocenters. The van der Waals surface area contributed by atoms with Gasteiger partial charge >= 0.3 is 5.97 Å². The van der Waals surface area contributed by atoms with Crippen LogP contribution in [0.3, 0.4) is 0 Å². The fourth-order valence-corrected chi connectivity index (χ4v) is 2.10. The molecule has 0 radical (unpaired) electrons. The van der Waals surface area contributed by atoms with Crippen molar-refractivity contribution < 1.29 is 9.53 Å². The molecule has 0 spiro atoms. The van der Waals surface area contributed by atoms with Crippen molar-refractivity contribution in [3.05, 3.63) is 62.2 Å². The normalized spacial score (nSPS) is 10.2. The summed E-state index contributed by atoms with van der Waals surface area (Å²) in [4.78, 5) is 11.9. The smallest absolute Gasteiger partial charge is 0.343 e. The summed E-state index contributed by atoms with van der Waals surface area (Å²) in [6.45, 7) is 1.99. The molecule has 0 unspecified atom stereocenters. The summed E-state index contributed by atoms with van der Waals surface area (Å²) in [5, 5.41) is 0.424. The monoisotopic (exact) mass is 372 g/mol. The second kappa shape index (κ2) is 5.71. The highest BCUT2D eigenvalue weighted by atomic mass is 127. The Morgan fingerprint density at radius 2 is 1.94 bits per heavy atom. The summed E-state index contributed by atoms with van der Waals surface area (Å²) in [5.41, 5.74) is 1.65. The standard InChI is InChI=1S/C14H10ClIO2/c1-9-6-7-10(8-12(9)16)14(17)18-13-5-3-2-4-11(13)15/h2-8H,1H3. The van der Waals surface area contributed by atoms with Gasteiger partial charge in [0.25, 0.3) is 0 Å². The van der Waals surface area contributed by atoms with Crippen molar-refractivity contribution in [1.29, 1.82) is 0 Å². The second-order valence-corrected chi connectivity index (χ2v) is 5.35. The highest BCUT2D eigenvalue weighted by Gasteiger charge is 2.11. The van der Waals surface area contributed by atoms with Crippen molar-refractivity contribution in [3.8, 4) is 5.75 Å². The summed E-state index contributed by atoms with van der Waals surface area (Å²) >= 11 is 8.12. The number of carbonyl (C=O) groups is 1. The topological polar surface area (TPSA) is 26.3 Å². The van der Waals surface area contributed by atoms with Crippen LogP contribution in [0.1, 0.15) is 15.9 Å². The van der Waals surface area contributed by atoms with Crippen LogP contribution in [0.5, 0.6) is 5.75 Å². The van der Waals surface area contributed by atoms with E-state index in [9.17, 15) is 4.79 Å². The molecule has 0 saturated carbocycles. The van der Waals surface area contributed by atoms with Gasteiger partial charge in [-0.15, -0.1) is 0 Å². The maximum absolute atomic E-state index is 11.9. The molecule has 0 saturated heterocycles. The van der Waals surface area contributed by atoms with Crippen LogP contribution >= 0.6 is 34.2 Å². The molecular weight excluding hydrogens is 363 g/mol. The maximum atomic E-state index is 11.9. The van der Waals surface area contributed by atoms with Gasteiger partial charge in [0.1, 0.15) is 5.75 Å². The lowest BCUT2D eigenvalue weighted by Crippen LogP contribution is -2.09. The predicted octanol–water partition coefficient (Wildman–Crippen LogP) is 4.47. The molecule has 0 aromatic heterocycles. The van der Waals surface area contributed by atoms with Crippen molar-refractivity contribution >= 4 is 40.2 Å². The van der Waals surface area contributed by atoms with Crippen molar-refractivity contribution in [3.63, 3.8) is 0 Å². The minimum atomic E-state index is -0.402. The van der Waals surface area contributed by atoms with Crippen LogP contribution in [0.2, 0.25) is 5.02 Å². The Morgan fingerprint density at radius 1 is 1.22 bits per heavy atom. The van der Waals surface area contributed by atoms with E-state index in [1.807, 2.05) is 13.0 Å². The summed E-state index contributed by atoms with van der Waals surface area (Å²) < 4.78 is 6.28. The Balaban J connectivity index is 2.22. The number of hydrogen-bond acceptors (Lipinski definition) is 2. The first-order chi connectivity index (χ1) is 8.58. The Hall–Kier alpha value is -1.07. The minimum absolute atomic E-state index is 0.375. The highest BCUT2D eigenvalue weighted by molar-refractivity contribution is 14.1. The predicted molar refractivity (Wildman–Crippen MR) is 80.3 cm³/mol. The van der Waals surface area contributed by atoms with Gasteiger partial charge in [0.05, 0.1) is 10.6 Å². The first-order valence-electron chi connectivity index (χ1n) is 5.31. The Kier molecular flexibility index (Phi) is 4.24. The summed E-state index contributed by atoms with van der Waals surface area (Å²) in [7, 11) is 0. The summed E-state index contributed by atoms with van der Waals surface area (Å²) in [6, 6.07) is 12.3. The maximum Gasteiger partial charge on any atom is 0.343 e. The van der Waals surface area contributed by atoms with Crippen LogP contribution in [0.15, 0.2) is 42.5 Å². The largest absolute Gasteiger partial charge is 0.421 e. The minimum Gasteiger partial charge on any atom is -0.421 e. The Morgan fingerprint density at radius 3 is 2.61 bits per heavy atom. The van der Waals surface area contributed by atoms with Gasteiger partial charge in [-0.3, -0.25) is 0 Å². The number of aryl methyl sites for hydroxylation is 1. The van der Waals surface area contributed by atoms with E-state index in [1.165, 1.54) is 0 Å². The van der Waals surface area contributed by atoms with Crippen LogP contribution in [-0.2, 0) is 0 Å². The Bertz CT molecular complexity index is 596. The van der Waals surface area contributed by atoms with Crippen molar-refractivity contribution in [1.82, 2.24) is 0 Å². The number of hydrogen-bond donors (Lipinski definition) is 0. The molecule has 0 aliphatic rings. The molecule has 2 aromatic carbocycles. The summed E-state index contributed by atoms with van der Waals surface area (Å²) in [6.07, 6.45) is 0. The van der Waals surface area contributed by atoms with Gasteiger partial charge in [0.2, 0.25) is 0 Å². The highest BCUT2D eigenvalue weighted by Crippen LogP contribution is 2.24. The molecule has 0 amide bonds. The SMILES string of the molecule is Cc1ccc(C(=O)Oc2ccccc2Cl)cc1I. The van der Waals surface area contributed by atoms with Gasteiger partial charge in [0, 0.05) is 3.57 Å². The molecule has 0 aliphatic heterocycles. The molecule has 0 fully saturated rings. The molecule has 0 aliphatic carbocycles. The van der Waals surface area contributed by atoms with E-state index in [0.717, 1.165) is 9.13 Å². The zero-order valence-corrected chi connectivity index (χ0v) is 12.5. The Labute approximate surface area is 124 Å². The van der Waals surface area contributed by atoms with E-state index in [2.05, 4.69) is 22.6 Å². The molecule has 92 valence electrons. The van der Waals surface area contributed by atoms with E-state index in [1.54, 1.807) is 36.4 Å². The fourth-order valence-electron chi connectivity index (χ4n) is 1.41. The molecular formula is C14H10ClIO2.